The third-order valence-electron chi connectivity index (χ3n) is 2.86. The molecule has 0 saturated carbocycles. The van der Waals surface area contributed by atoms with E-state index in [1.54, 1.807) is 0 Å². The zero-order valence-electron chi connectivity index (χ0n) is 12.0. The summed E-state index contributed by atoms with van der Waals surface area (Å²) in [5.41, 5.74) is -0.208. The van der Waals surface area contributed by atoms with Crippen molar-refractivity contribution in [1.29, 1.82) is 0 Å². The number of anilines is 2. The zero-order valence-corrected chi connectivity index (χ0v) is 12.8. The summed E-state index contributed by atoms with van der Waals surface area (Å²) in [4.78, 5) is 37.1. The van der Waals surface area contributed by atoms with Crippen LogP contribution in [0.1, 0.15) is 10.4 Å². The van der Waals surface area contributed by atoms with Gasteiger partial charge in [-0.15, -0.1) is 0 Å². The number of pyridine rings is 1. The normalized spacial score (nSPS) is 10.0. The zero-order chi connectivity index (χ0) is 17.7. The molecule has 0 aliphatic heterocycles. The lowest BCUT2D eigenvalue weighted by atomic mass is 10.1. The predicted molar refractivity (Wildman–Crippen MR) is 86.4 cm³/mol. The largest absolute Gasteiger partial charge is 0.480 e. The fraction of sp³-hybridized carbons (Fsp3) is 0.0714. The highest BCUT2D eigenvalue weighted by Gasteiger charge is 2.17. The molecule has 2 aromatic rings. The summed E-state index contributed by atoms with van der Waals surface area (Å²) in [6, 6.07) is 6.48. The second-order valence-electron chi connectivity index (χ2n) is 4.55. The lowest BCUT2D eigenvalue weighted by Crippen LogP contribution is -2.18. The summed E-state index contributed by atoms with van der Waals surface area (Å²) in [5, 5.41) is 24.9. The van der Waals surface area contributed by atoms with E-state index in [1.165, 1.54) is 24.4 Å². The van der Waals surface area contributed by atoms with Crippen LogP contribution in [0.3, 0.4) is 0 Å². The van der Waals surface area contributed by atoms with E-state index in [1.807, 2.05) is 0 Å². The number of nitro groups is 1. The molecule has 0 radical (unpaired) electrons. The minimum absolute atomic E-state index is 0.0260. The van der Waals surface area contributed by atoms with Crippen molar-refractivity contribution in [3.8, 4) is 0 Å². The van der Waals surface area contributed by atoms with E-state index in [-0.39, 0.29) is 22.8 Å². The average Bonchev–Trinajstić information content (AvgIpc) is 2.54. The number of aliphatic carboxylic acids is 1. The van der Waals surface area contributed by atoms with E-state index < -0.39 is 23.3 Å². The van der Waals surface area contributed by atoms with Crippen LogP contribution in [0, 0.1) is 10.1 Å². The highest BCUT2D eigenvalue weighted by atomic mass is 35.5. The fourth-order valence-corrected chi connectivity index (χ4v) is 1.91. The van der Waals surface area contributed by atoms with Gasteiger partial charge in [0.05, 0.1) is 21.2 Å². The molecule has 0 aliphatic carbocycles. The summed E-state index contributed by atoms with van der Waals surface area (Å²) < 4.78 is 0. The summed E-state index contributed by atoms with van der Waals surface area (Å²) >= 11 is 5.70. The van der Waals surface area contributed by atoms with Crippen LogP contribution in [0.25, 0.3) is 0 Å². The molecule has 3 N–H and O–H groups in total. The van der Waals surface area contributed by atoms with Crippen LogP contribution >= 0.6 is 11.6 Å². The van der Waals surface area contributed by atoms with Crippen molar-refractivity contribution in [3.63, 3.8) is 0 Å². The topological polar surface area (TPSA) is 134 Å². The summed E-state index contributed by atoms with van der Waals surface area (Å²) in [6.07, 6.45) is 1.34. The van der Waals surface area contributed by atoms with Gasteiger partial charge in [-0.25, -0.2) is 4.98 Å². The Kier molecular flexibility index (Phi) is 5.27. The first-order valence-corrected chi connectivity index (χ1v) is 6.91. The van der Waals surface area contributed by atoms with Crippen molar-refractivity contribution in [2.24, 2.45) is 0 Å². The Morgan fingerprint density at radius 3 is 2.62 bits per heavy atom. The van der Waals surface area contributed by atoms with Gasteiger partial charge in [-0.05, 0) is 18.2 Å². The second-order valence-corrected chi connectivity index (χ2v) is 4.99. The lowest BCUT2D eigenvalue weighted by molar-refractivity contribution is -0.384. The number of non-ortho nitro benzene ring substituents is 1. The number of carboxylic acid groups (broad SMARTS) is 1. The van der Waals surface area contributed by atoms with Gasteiger partial charge in [0.15, 0.2) is 0 Å². The van der Waals surface area contributed by atoms with Gasteiger partial charge in [-0.2, -0.15) is 0 Å². The van der Waals surface area contributed by atoms with Crippen molar-refractivity contribution in [3.05, 3.63) is 57.2 Å². The average molecular weight is 351 g/mol. The molecule has 24 heavy (non-hydrogen) atoms. The van der Waals surface area contributed by atoms with Gasteiger partial charge in [-0.3, -0.25) is 19.7 Å². The maximum Gasteiger partial charge on any atom is 0.322 e. The van der Waals surface area contributed by atoms with Gasteiger partial charge in [0.2, 0.25) is 0 Å². The third kappa shape index (κ3) is 4.40. The van der Waals surface area contributed by atoms with Gasteiger partial charge < -0.3 is 15.7 Å². The van der Waals surface area contributed by atoms with Gasteiger partial charge in [-0.1, -0.05) is 11.6 Å². The number of aromatic nitrogens is 1. The van der Waals surface area contributed by atoms with Crippen molar-refractivity contribution >= 4 is 40.7 Å². The van der Waals surface area contributed by atoms with Crippen molar-refractivity contribution in [1.82, 2.24) is 4.98 Å². The van der Waals surface area contributed by atoms with Gasteiger partial charge in [0.25, 0.3) is 11.6 Å². The molecule has 1 aromatic heterocycles. The van der Waals surface area contributed by atoms with Crippen LogP contribution in [0.5, 0.6) is 0 Å². The maximum absolute atomic E-state index is 12.3. The minimum atomic E-state index is -1.17. The predicted octanol–water partition coefficient (Wildman–Crippen LogP) is 2.39. The molecule has 0 atom stereocenters. The SMILES string of the molecule is O=C(O)CNc1cc([N+](=O)[O-])ccc1C(=O)Nc1ccc(Cl)cn1. The summed E-state index contributed by atoms with van der Waals surface area (Å²) in [5.74, 6) is -1.55. The number of amides is 1. The first kappa shape index (κ1) is 17.2. The summed E-state index contributed by atoms with van der Waals surface area (Å²) in [7, 11) is 0. The molecule has 0 unspecified atom stereocenters. The van der Waals surface area contributed by atoms with Gasteiger partial charge in [0.1, 0.15) is 12.4 Å². The number of carboxylic acids is 1. The molecule has 2 rings (SSSR count). The van der Waals surface area contributed by atoms with E-state index in [9.17, 15) is 19.7 Å². The number of halogens is 1. The number of hydrogen-bond donors (Lipinski definition) is 3. The first-order chi connectivity index (χ1) is 11.4. The number of rotatable bonds is 6. The van der Waals surface area contributed by atoms with Crippen LogP contribution < -0.4 is 10.6 Å². The number of nitrogens with one attached hydrogen (secondary N) is 2. The van der Waals surface area contributed by atoms with Gasteiger partial charge in [0, 0.05) is 18.3 Å². The van der Waals surface area contributed by atoms with E-state index in [4.69, 9.17) is 16.7 Å². The molecule has 0 fully saturated rings. The van der Waals surface area contributed by atoms with Crippen LogP contribution in [-0.2, 0) is 4.79 Å². The number of carbonyl (C=O) groups is 2. The minimum Gasteiger partial charge on any atom is -0.480 e. The van der Waals surface area contributed by atoms with E-state index >= 15 is 0 Å². The number of hydrogen-bond acceptors (Lipinski definition) is 6. The van der Waals surface area contributed by atoms with Crippen LogP contribution in [0.2, 0.25) is 5.02 Å². The summed E-state index contributed by atoms with van der Waals surface area (Å²) in [6.45, 7) is -0.499. The Balaban J connectivity index is 2.28. The molecule has 10 heteroatoms. The maximum atomic E-state index is 12.3. The van der Waals surface area contributed by atoms with Gasteiger partial charge >= 0.3 is 5.97 Å². The van der Waals surface area contributed by atoms with E-state index in [0.29, 0.717) is 5.02 Å². The quantitative estimate of drug-likeness (QED) is 0.537. The molecule has 124 valence electrons. The van der Waals surface area contributed by atoms with Crippen LogP contribution in [0.4, 0.5) is 17.2 Å². The molecule has 0 saturated heterocycles. The fourth-order valence-electron chi connectivity index (χ4n) is 1.79. The molecule has 0 bridgehead atoms. The lowest BCUT2D eigenvalue weighted by Gasteiger charge is -2.11. The smallest absolute Gasteiger partial charge is 0.322 e. The third-order valence-corrected chi connectivity index (χ3v) is 3.08. The Hall–Kier alpha value is -3.20. The molecular formula is C14H11ClN4O5. The van der Waals surface area contributed by atoms with Crippen molar-refractivity contribution < 1.29 is 19.6 Å². The molecule has 0 spiro atoms. The first-order valence-electron chi connectivity index (χ1n) is 6.54. The van der Waals surface area contributed by atoms with Crippen molar-refractivity contribution in [2.45, 2.75) is 0 Å². The molecule has 0 aliphatic rings. The molecule has 9 nitrogen and oxygen atoms in total. The monoisotopic (exact) mass is 350 g/mol. The molecular weight excluding hydrogens is 340 g/mol. The number of nitro benzene ring substituents is 1. The molecule has 1 aromatic carbocycles. The Morgan fingerprint density at radius 2 is 2.04 bits per heavy atom. The van der Waals surface area contributed by atoms with Crippen LogP contribution in [-0.4, -0.2) is 33.4 Å². The van der Waals surface area contributed by atoms with E-state index in [2.05, 4.69) is 15.6 Å². The van der Waals surface area contributed by atoms with E-state index in [0.717, 1.165) is 12.1 Å². The Bertz CT molecular complexity index is 794. The number of carbonyl (C=O) groups excluding carboxylic acids is 1. The molecule has 1 amide bonds. The molecule has 1 heterocycles. The number of benzene rings is 1. The Morgan fingerprint density at radius 1 is 1.29 bits per heavy atom. The van der Waals surface area contributed by atoms with Crippen LogP contribution in [0.15, 0.2) is 36.5 Å². The highest BCUT2D eigenvalue weighted by Crippen LogP contribution is 2.23. The Labute approximate surface area is 140 Å². The number of nitrogens with zero attached hydrogens (tertiary/aromatic N) is 2. The highest BCUT2D eigenvalue weighted by molar-refractivity contribution is 6.30. The van der Waals surface area contributed by atoms with Crippen molar-refractivity contribution in [2.75, 3.05) is 17.2 Å². The second kappa shape index (κ2) is 7.38. The standard InChI is InChI=1S/C14H11ClN4O5/c15-8-1-4-12(17-6-8)18-14(22)10-3-2-9(19(23)24)5-11(10)16-7-13(20)21/h1-6,16H,7H2,(H,20,21)(H,17,18,22).